The Kier molecular flexibility index (Phi) is 2.71. The Morgan fingerprint density at radius 3 is 3.00 bits per heavy atom. The van der Waals surface area contributed by atoms with Crippen LogP contribution in [0, 0.1) is 0 Å². The fraction of sp³-hybridized carbons (Fsp3) is 0.0909. The lowest BCUT2D eigenvalue weighted by Crippen LogP contribution is -1.94. The van der Waals surface area contributed by atoms with Crippen molar-refractivity contribution in [2.24, 2.45) is 7.05 Å². The molecule has 0 saturated heterocycles. The quantitative estimate of drug-likeness (QED) is 0.779. The monoisotopic (exact) mass is 276 g/mol. The van der Waals surface area contributed by atoms with Crippen molar-refractivity contribution in [2.45, 2.75) is 10.4 Å². The summed E-state index contributed by atoms with van der Waals surface area (Å²) < 4.78 is 7.09. The number of benzene rings is 1. The smallest absolute Gasteiger partial charge is 0.335 e. The van der Waals surface area contributed by atoms with Gasteiger partial charge in [-0.15, -0.1) is 0 Å². The van der Waals surface area contributed by atoms with E-state index in [4.69, 9.17) is 9.52 Å². The summed E-state index contributed by atoms with van der Waals surface area (Å²) >= 11 is 1.23. The van der Waals surface area contributed by atoms with Gasteiger partial charge in [-0.2, -0.15) is 5.10 Å². The SMILES string of the molecule is Cn1ncnc1Sc1nc2ccc(C(=O)O)cc2o1. The first-order valence-electron chi connectivity index (χ1n) is 5.29. The molecule has 3 rings (SSSR count). The van der Waals surface area contributed by atoms with E-state index in [0.717, 1.165) is 0 Å². The summed E-state index contributed by atoms with van der Waals surface area (Å²) in [7, 11) is 1.76. The second kappa shape index (κ2) is 4.39. The van der Waals surface area contributed by atoms with Gasteiger partial charge >= 0.3 is 5.97 Å². The number of hydrogen-bond acceptors (Lipinski definition) is 6. The predicted molar refractivity (Wildman–Crippen MR) is 66.1 cm³/mol. The predicted octanol–water partition coefficient (Wildman–Crippen LogP) is 1.81. The number of carboxylic acids is 1. The molecule has 1 N–H and O–H groups in total. The van der Waals surface area contributed by atoms with Crippen LogP contribution in [0.2, 0.25) is 0 Å². The normalized spacial score (nSPS) is 11.0. The minimum atomic E-state index is -0.999. The molecule has 0 amide bonds. The van der Waals surface area contributed by atoms with Crippen molar-refractivity contribution in [3.63, 3.8) is 0 Å². The average Bonchev–Trinajstić information content (AvgIpc) is 2.95. The van der Waals surface area contributed by atoms with Crippen LogP contribution in [0.3, 0.4) is 0 Å². The summed E-state index contributed by atoms with van der Waals surface area (Å²) in [5.41, 5.74) is 1.21. The molecule has 0 saturated carbocycles. The van der Waals surface area contributed by atoms with E-state index in [0.29, 0.717) is 21.5 Å². The Morgan fingerprint density at radius 1 is 1.47 bits per heavy atom. The lowest BCUT2D eigenvalue weighted by atomic mass is 10.2. The average molecular weight is 276 g/mol. The molecule has 0 aliphatic heterocycles. The molecule has 0 bridgehead atoms. The van der Waals surface area contributed by atoms with Gasteiger partial charge in [0.1, 0.15) is 11.8 Å². The Balaban J connectivity index is 1.97. The van der Waals surface area contributed by atoms with E-state index >= 15 is 0 Å². The lowest BCUT2D eigenvalue weighted by molar-refractivity contribution is 0.0697. The second-order valence-electron chi connectivity index (χ2n) is 3.74. The Hall–Kier alpha value is -2.35. The van der Waals surface area contributed by atoms with E-state index in [9.17, 15) is 4.79 Å². The molecule has 7 nitrogen and oxygen atoms in total. The van der Waals surface area contributed by atoms with Crippen LogP contribution in [0.5, 0.6) is 0 Å². The molecule has 0 aliphatic carbocycles. The van der Waals surface area contributed by atoms with Crippen molar-refractivity contribution in [3.8, 4) is 0 Å². The summed E-state index contributed by atoms with van der Waals surface area (Å²) in [5, 5.41) is 13.9. The molecule has 96 valence electrons. The van der Waals surface area contributed by atoms with Crippen LogP contribution >= 0.6 is 11.8 Å². The minimum absolute atomic E-state index is 0.166. The number of aromatic carboxylic acids is 1. The molecule has 2 aromatic heterocycles. The highest BCUT2D eigenvalue weighted by Gasteiger charge is 2.12. The number of oxazole rings is 1. The molecule has 0 atom stereocenters. The van der Waals surface area contributed by atoms with Crippen LogP contribution in [-0.2, 0) is 7.05 Å². The fourth-order valence-corrected chi connectivity index (χ4v) is 2.25. The first-order chi connectivity index (χ1) is 9.13. The van der Waals surface area contributed by atoms with Gasteiger partial charge in [-0.05, 0) is 18.2 Å². The van der Waals surface area contributed by atoms with Gasteiger partial charge in [0.25, 0.3) is 5.22 Å². The molecular weight excluding hydrogens is 268 g/mol. The van der Waals surface area contributed by atoms with E-state index in [1.54, 1.807) is 17.8 Å². The maximum atomic E-state index is 10.9. The number of rotatable bonds is 3. The van der Waals surface area contributed by atoms with Crippen LogP contribution < -0.4 is 0 Å². The topological polar surface area (TPSA) is 94.0 Å². The lowest BCUT2D eigenvalue weighted by Gasteiger charge is -1.93. The summed E-state index contributed by atoms with van der Waals surface area (Å²) in [5.74, 6) is -0.999. The van der Waals surface area contributed by atoms with Crippen molar-refractivity contribution in [2.75, 3.05) is 0 Å². The van der Waals surface area contributed by atoms with Crippen LogP contribution in [-0.4, -0.2) is 30.8 Å². The number of hydrogen-bond donors (Lipinski definition) is 1. The Morgan fingerprint density at radius 2 is 2.32 bits per heavy atom. The Labute approximate surface area is 111 Å². The van der Waals surface area contributed by atoms with Gasteiger partial charge in [0.15, 0.2) is 10.7 Å². The van der Waals surface area contributed by atoms with Gasteiger partial charge in [0, 0.05) is 18.8 Å². The van der Waals surface area contributed by atoms with Crippen molar-refractivity contribution < 1.29 is 14.3 Å². The molecular formula is C11H8N4O3S. The number of nitrogens with zero attached hydrogens (tertiary/aromatic N) is 4. The molecule has 0 spiro atoms. The molecule has 0 radical (unpaired) electrons. The van der Waals surface area contributed by atoms with Crippen LogP contribution in [0.15, 0.2) is 39.3 Å². The van der Waals surface area contributed by atoms with Gasteiger partial charge in [-0.1, -0.05) is 0 Å². The second-order valence-corrected chi connectivity index (χ2v) is 4.65. The van der Waals surface area contributed by atoms with Gasteiger partial charge < -0.3 is 9.52 Å². The molecule has 8 heteroatoms. The van der Waals surface area contributed by atoms with Crippen molar-refractivity contribution in [1.82, 2.24) is 19.7 Å². The molecule has 0 aliphatic rings. The zero-order valence-electron chi connectivity index (χ0n) is 9.77. The third-order valence-corrected chi connectivity index (χ3v) is 3.37. The van der Waals surface area contributed by atoms with Crippen molar-refractivity contribution in [1.29, 1.82) is 0 Å². The molecule has 3 aromatic rings. The van der Waals surface area contributed by atoms with Gasteiger partial charge in [-0.25, -0.2) is 19.4 Å². The largest absolute Gasteiger partial charge is 0.478 e. The molecule has 1 aromatic carbocycles. The third kappa shape index (κ3) is 2.17. The number of carboxylic acid groups (broad SMARTS) is 1. The molecule has 2 heterocycles. The van der Waals surface area contributed by atoms with Gasteiger partial charge in [-0.3, -0.25) is 0 Å². The van der Waals surface area contributed by atoms with Crippen LogP contribution in [0.25, 0.3) is 11.1 Å². The zero-order valence-corrected chi connectivity index (χ0v) is 10.6. The number of aromatic nitrogens is 4. The third-order valence-electron chi connectivity index (χ3n) is 2.46. The van der Waals surface area contributed by atoms with Crippen LogP contribution in [0.4, 0.5) is 0 Å². The standard InChI is InChI=1S/C11H8N4O3S/c1-15-10(12-5-13-15)19-11-14-7-3-2-6(9(16)17)4-8(7)18-11/h2-5H,1H3,(H,16,17). The van der Waals surface area contributed by atoms with E-state index in [1.807, 2.05) is 0 Å². The van der Waals surface area contributed by atoms with E-state index in [2.05, 4.69) is 15.1 Å². The highest BCUT2D eigenvalue weighted by atomic mass is 32.2. The van der Waals surface area contributed by atoms with Crippen LogP contribution in [0.1, 0.15) is 10.4 Å². The van der Waals surface area contributed by atoms with Crippen molar-refractivity contribution in [3.05, 3.63) is 30.1 Å². The maximum Gasteiger partial charge on any atom is 0.335 e. The molecule has 0 fully saturated rings. The zero-order chi connectivity index (χ0) is 13.4. The van der Waals surface area contributed by atoms with Crippen molar-refractivity contribution >= 4 is 28.8 Å². The summed E-state index contributed by atoms with van der Waals surface area (Å²) in [6, 6.07) is 4.55. The highest BCUT2D eigenvalue weighted by molar-refractivity contribution is 7.99. The Bertz CT molecular complexity index is 764. The summed E-state index contributed by atoms with van der Waals surface area (Å²) in [6.07, 6.45) is 1.44. The summed E-state index contributed by atoms with van der Waals surface area (Å²) in [6.45, 7) is 0. The van der Waals surface area contributed by atoms with Gasteiger partial charge in [0.05, 0.1) is 5.56 Å². The number of aryl methyl sites for hydroxylation is 1. The highest BCUT2D eigenvalue weighted by Crippen LogP contribution is 2.28. The maximum absolute atomic E-state index is 10.9. The minimum Gasteiger partial charge on any atom is -0.478 e. The first kappa shape index (κ1) is 11.7. The fourth-order valence-electron chi connectivity index (χ4n) is 1.54. The van der Waals surface area contributed by atoms with E-state index in [-0.39, 0.29) is 5.56 Å². The first-order valence-corrected chi connectivity index (χ1v) is 6.11. The number of carbonyl (C=O) groups is 1. The summed E-state index contributed by atoms with van der Waals surface area (Å²) in [4.78, 5) is 19.2. The molecule has 19 heavy (non-hydrogen) atoms. The van der Waals surface area contributed by atoms with E-state index in [1.165, 1.54) is 30.2 Å². The van der Waals surface area contributed by atoms with E-state index < -0.39 is 5.97 Å². The molecule has 0 unspecified atom stereocenters. The number of fused-ring (bicyclic) bond motifs is 1. The van der Waals surface area contributed by atoms with Gasteiger partial charge in [0.2, 0.25) is 0 Å².